The summed E-state index contributed by atoms with van der Waals surface area (Å²) in [5, 5.41) is 12.5. The molecule has 0 bridgehead atoms. The van der Waals surface area contributed by atoms with Gasteiger partial charge in [0.2, 0.25) is 0 Å². The summed E-state index contributed by atoms with van der Waals surface area (Å²) < 4.78 is 16.0. The topological polar surface area (TPSA) is 81.4 Å². The number of hydrogen-bond donors (Lipinski definition) is 1. The Morgan fingerprint density at radius 1 is 0.923 bits per heavy atom. The molecule has 0 atom stereocenters. The van der Waals surface area contributed by atoms with Crippen molar-refractivity contribution in [3.05, 3.63) is 107 Å². The first-order chi connectivity index (χ1) is 18.8. The first-order valence-corrected chi connectivity index (χ1v) is 12.8. The van der Waals surface area contributed by atoms with E-state index in [4.69, 9.17) is 16.9 Å². The average molecular weight is 542 g/mol. The molecule has 3 aromatic carbocycles. The van der Waals surface area contributed by atoms with Crippen LogP contribution in [0.25, 0.3) is 16.9 Å². The molecule has 1 fully saturated rings. The molecule has 2 heterocycles. The van der Waals surface area contributed by atoms with Crippen LogP contribution in [-0.4, -0.2) is 52.5 Å². The van der Waals surface area contributed by atoms with Gasteiger partial charge in [0.25, 0.3) is 5.91 Å². The van der Waals surface area contributed by atoms with E-state index in [0.717, 1.165) is 11.3 Å². The summed E-state index contributed by atoms with van der Waals surface area (Å²) in [6.45, 7) is 3.31. The Hall–Kier alpha value is -4.61. The van der Waals surface area contributed by atoms with E-state index in [0.29, 0.717) is 59.4 Å². The third-order valence-corrected chi connectivity index (χ3v) is 7.03. The van der Waals surface area contributed by atoms with E-state index in [2.05, 4.69) is 11.4 Å². The lowest BCUT2D eigenvalue weighted by Crippen LogP contribution is -2.51. The number of urea groups is 1. The highest BCUT2D eigenvalue weighted by Gasteiger charge is 2.28. The van der Waals surface area contributed by atoms with Crippen LogP contribution in [-0.2, 0) is 0 Å². The van der Waals surface area contributed by atoms with Crippen LogP contribution < -0.4 is 5.32 Å². The van der Waals surface area contributed by atoms with Gasteiger partial charge in [0, 0.05) is 48.3 Å². The van der Waals surface area contributed by atoms with Crippen molar-refractivity contribution in [2.24, 2.45) is 0 Å². The largest absolute Gasteiger partial charge is 0.335 e. The van der Waals surface area contributed by atoms with E-state index in [9.17, 15) is 14.0 Å². The molecule has 3 amide bonds. The number of amides is 3. The van der Waals surface area contributed by atoms with Gasteiger partial charge in [-0.3, -0.25) is 4.79 Å². The minimum absolute atomic E-state index is 0.153. The number of anilines is 1. The van der Waals surface area contributed by atoms with E-state index in [-0.39, 0.29) is 17.8 Å². The normalized spacial score (nSPS) is 13.2. The molecule has 0 saturated carbocycles. The molecule has 1 aromatic heterocycles. The maximum absolute atomic E-state index is 14.1. The summed E-state index contributed by atoms with van der Waals surface area (Å²) in [6.07, 6.45) is 0. The summed E-state index contributed by atoms with van der Waals surface area (Å²) in [5.41, 5.74) is 4.40. The lowest BCUT2D eigenvalue weighted by atomic mass is 10.1. The SMILES string of the molecule is Cc1c(C(=O)N2CCN(C(=O)Nc3cccc(C#N)c3)CC2)cc(-c2ccc(Cl)cc2)n1-c1cccc(F)c1. The number of rotatable bonds is 4. The number of carbonyl (C=O) groups is 2. The second-order valence-electron chi connectivity index (χ2n) is 9.25. The number of benzene rings is 3. The quantitative estimate of drug-likeness (QED) is 0.338. The molecule has 5 rings (SSSR count). The van der Waals surface area contributed by atoms with Gasteiger partial charge >= 0.3 is 6.03 Å². The van der Waals surface area contributed by atoms with Crippen molar-refractivity contribution >= 4 is 29.2 Å². The number of aromatic nitrogens is 1. The Labute approximate surface area is 230 Å². The van der Waals surface area contributed by atoms with E-state index in [1.54, 1.807) is 58.3 Å². The monoisotopic (exact) mass is 541 g/mol. The van der Waals surface area contributed by atoms with Gasteiger partial charge in [0.05, 0.1) is 22.9 Å². The van der Waals surface area contributed by atoms with Crippen LogP contribution in [0.5, 0.6) is 0 Å². The molecule has 0 unspecified atom stereocenters. The van der Waals surface area contributed by atoms with Crippen molar-refractivity contribution in [2.45, 2.75) is 6.92 Å². The second kappa shape index (κ2) is 11.0. The molecule has 4 aromatic rings. The maximum atomic E-state index is 14.1. The van der Waals surface area contributed by atoms with E-state index < -0.39 is 0 Å². The average Bonchev–Trinajstić information content (AvgIpc) is 3.30. The Morgan fingerprint density at radius 3 is 2.31 bits per heavy atom. The molecular weight excluding hydrogens is 517 g/mol. The zero-order valence-electron chi connectivity index (χ0n) is 21.2. The van der Waals surface area contributed by atoms with Gasteiger partial charge in [0.1, 0.15) is 5.82 Å². The molecule has 39 heavy (non-hydrogen) atoms. The van der Waals surface area contributed by atoms with Gasteiger partial charge in [-0.2, -0.15) is 5.26 Å². The number of piperazine rings is 1. The lowest BCUT2D eigenvalue weighted by Gasteiger charge is -2.34. The molecule has 1 aliphatic rings. The number of nitrogens with one attached hydrogen (secondary N) is 1. The predicted octanol–water partition coefficient (Wildman–Crippen LogP) is 6.11. The number of nitriles is 1. The van der Waals surface area contributed by atoms with E-state index in [1.165, 1.54) is 12.1 Å². The van der Waals surface area contributed by atoms with Gasteiger partial charge in [-0.25, -0.2) is 9.18 Å². The van der Waals surface area contributed by atoms with Crippen LogP contribution in [0.15, 0.2) is 78.9 Å². The summed E-state index contributed by atoms with van der Waals surface area (Å²) in [4.78, 5) is 29.8. The molecule has 1 N–H and O–H groups in total. The summed E-state index contributed by atoms with van der Waals surface area (Å²) in [5.74, 6) is -0.524. The fraction of sp³-hybridized carbons (Fsp3) is 0.167. The van der Waals surface area contributed by atoms with Crippen molar-refractivity contribution in [1.82, 2.24) is 14.4 Å². The maximum Gasteiger partial charge on any atom is 0.321 e. The highest BCUT2D eigenvalue weighted by Crippen LogP contribution is 2.31. The first kappa shape index (κ1) is 26.0. The van der Waals surface area contributed by atoms with Gasteiger partial charge in [-0.15, -0.1) is 0 Å². The molecule has 196 valence electrons. The van der Waals surface area contributed by atoms with Crippen LogP contribution in [0, 0.1) is 24.1 Å². The molecule has 7 nitrogen and oxygen atoms in total. The molecule has 9 heteroatoms. The van der Waals surface area contributed by atoms with E-state index in [1.807, 2.05) is 29.7 Å². The number of carbonyl (C=O) groups excluding carboxylic acids is 2. The standard InChI is InChI=1S/C30H25ClFN5O2/c1-20-27(18-28(22-8-10-23(31)11-9-22)37(20)26-7-3-5-24(32)17-26)29(38)35-12-14-36(15-13-35)30(39)34-25-6-2-4-21(16-25)19-33/h2-11,16-18H,12-15H2,1H3,(H,34,39). The van der Waals surface area contributed by atoms with Crippen LogP contribution in [0.3, 0.4) is 0 Å². The molecule has 0 aliphatic carbocycles. The van der Waals surface area contributed by atoms with Gasteiger partial charge in [-0.1, -0.05) is 35.9 Å². The number of halogens is 2. The molecular formula is C30H25ClFN5O2. The summed E-state index contributed by atoms with van der Waals surface area (Å²) >= 11 is 6.10. The van der Waals surface area contributed by atoms with Crippen molar-refractivity contribution in [3.8, 4) is 23.0 Å². The Kier molecular flexibility index (Phi) is 7.35. The minimum atomic E-state index is -0.371. The highest BCUT2D eigenvalue weighted by atomic mass is 35.5. The van der Waals surface area contributed by atoms with E-state index >= 15 is 0 Å². The highest BCUT2D eigenvalue weighted by molar-refractivity contribution is 6.30. The molecule has 0 radical (unpaired) electrons. The fourth-order valence-corrected chi connectivity index (χ4v) is 4.88. The fourth-order valence-electron chi connectivity index (χ4n) is 4.76. The van der Waals surface area contributed by atoms with Crippen molar-refractivity contribution in [2.75, 3.05) is 31.5 Å². The zero-order valence-corrected chi connectivity index (χ0v) is 22.0. The van der Waals surface area contributed by atoms with Crippen molar-refractivity contribution < 1.29 is 14.0 Å². The summed E-state index contributed by atoms with van der Waals surface area (Å²) in [6, 6.07) is 23.9. The van der Waals surface area contributed by atoms with Crippen molar-refractivity contribution in [3.63, 3.8) is 0 Å². The Bertz CT molecular complexity index is 1580. The number of nitrogens with zero attached hydrogens (tertiary/aromatic N) is 4. The van der Waals surface area contributed by atoms with Crippen LogP contribution in [0.4, 0.5) is 14.9 Å². The van der Waals surface area contributed by atoms with Crippen molar-refractivity contribution in [1.29, 1.82) is 5.26 Å². The number of hydrogen-bond acceptors (Lipinski definition) is 3. The van der Waals surface area contributed by atoms with Crippen LogP contribution >= 0.6 is 11.6 Å². The van der Waals surface area contributed by atoms with Crippen LogP contribution in [0.1, 0.15) is 21.6 Å². The Morgan fingerprint density at radius 2 is 1.62 bits per heavy atom. The molecule has 1 aliphatic heterocycles. The van der Waals surface area contributed by atoms with Crippen LogP contribution in [0.2, 0.25) is 5.02 Å². The van der Waals surface area contributed by atoms with Gasteiger partial charge in [0.15, 0.2) is 0 Å². The zero-order chi connectivity index (χ0) is 27.5. The molecule has 0 spiro atoms. The summed E-state index contributed by atoms with van der Waals surface area (Å²) in [7, 11) is 0. The van der Waals surface area contributed by atoms with Gasteiger partial charge in [-0.05, 0) is 67.1 Å². The van der Waals surface area contributed by atoms with Gasteiger partial charge < -0.3 is 19.7 Å². The third kappa shape index (κ3) is 5.49. The molecule has 1 saturated heterocycles. The predicted molar refractivity (Wildman–Crippen MR) is 149 cm³/mol. The third-order valence-electron chi connectivity index (χ3n) is 6.78. The first-order valence-electron chi connectivity index (χ1n) is 12.4. The Balaban J connectivity index is 1.36. The minimum Gasteiger partial charge on any atom is -0.335 e. The smallest absolute Gasteiger partial charge is 0.321 e. The second-order valence-corrected chi connectivity index (χ2v) is 9.69. The lowest BCUT2D eigenvalue weighted by molar-refractivity contribution is 0.0671.